The van der Waals surface area contributed by atoms with Gasteiger partial charge in [0.2, 0.25) is 0 Å². The monoisotopic (exact) mass is 293 g/mol. The molecule has 1 aromatic heterocycles. The van der Waals surface area contributed by atoms with E-state index in [1.54, 1.807) is 25.3 Å². The predicted molar refractivity (Wildman–Crippen MR) is 77.9 cm³/mol. The Kier molecular flexibility index (Phi) is 5.15. The second-order valence-corrected chi connectivity index (χ2v) is 4.71. The Bertz CT molecular complexity index is 566. The van der Waals surface area contributed by atoms with Crippen LogP contribution < -0.4 is 5.32 Å². The number of rotatable bonds is 6. The van der Waals surface area contributed by atoms with Crippen molar-refractivity contribution in [3.8, 4) is 11.3 Å². The second kappa shape index (κ2) is 7.07. The molecule has 20 heavy (non-hydrogen) atoms. The highest BCUT2D eigenvalue weighted by molar-refractivity contribution is 6.30. The third-order valence-electron chi connectivity index (χ3n) is 2.77. The molecule has 0 radical (unpaired) electrons. The first kappa shape index (κ1) is 14.6. The lowest BCUT2D eigenvalue weighted by atomic mass is 10.1. The van der Waals surface area contributed by atoms with E-state index in [2.05, 4.69) is 15.5 Å². The number of halogens is 1. The zero-order chi connectivity index (χ0) is 14.4. The smallest absolute Gasteiger partial charge is 0.269 e. The number of carbonyl (C=O) groups excluding carboxylic acids is 1. The van der Waals surface area contributed by atoms with E-state index in [4.69, 9.17) is 16.3 Å². The van der Waals surface area contributed by atoms with E-state index in [1.807, 2.05) is 12.1 Å². The molecule has 0 atom stereocenters. The van der Waals surface area contributed by atoms with Crippen molar-refractivity contribution in [2.24, 2.45) is 0 Å². The number of benzene rings is 1. The van der Waals surface area contributed by atoms with Crippen LogP contribution in [0.1, 0.15) is 16.9 Å². The predicted octanol–water partition coefficient (Wildman–Crippen LogP) is 2.50. The van der Waals surface area contributed by atoms with Gasteiger partial charge in [-0.3, -0.25) is 9.89 Å². The maximum atomic E-state index is 11.9. The fraction of sp³-hybridized carbons (Fsp3) is 0.286. The highest BCUT2D eigenvalue weighted by Gasteiger charge is 2.10. The van der Waals surface area contributed by atoms with Crippen molar-refractivity contribution < 1.29 is 9.53 Å². The molecule has 0 unspecified atom stereocenters. The number of aromatic nitrogens is 2. The molecule has 1 amide bonds. The van der Waals surface area contributed by atoms with Crippen LogP contribution in [0, 0.1) is 0 Å². The number of nitrogens with zero attached hydrogens (tertiary/aromatic N) is 1. The van der Waals surface area contributed by atoms with Gasteiger partial charge in [-0.2, -0.15) is 5.10 Å². The summed E-state index contributed by atoms with van der Waals surface area (Å²) in [6.45, 7) is 1.20. The lowest BCUT2D eigenvalue weighted by Crippen LogP contribution is -2.25. The highest BCUT2D eigenvalue weighted by Crippen LogP contribution is 2.20. The van der Waals surface area contributed by atoms with Gasteiger partial charge in [0.1, 0.15) is 5.69 Å². The maximum absolute atomic E-state index is 11.9. The largest absolute Gasteiger partial charge is 0.385 e. The first-order valence-corrected chi connectivity index (χ1v) is 6.67. The zero-order valence-electron chi connectivity index (χ0n) is 11.1. The molecule has 5 nitrogen and oxygen atoms in total. The summed E-state index contributed by atoms with van der Waals surface area (Å²) in [6.07, 6.45) is 0.778. The van der Waals surface area contributed by atoms with Crippen LogP contribution in [0.4, 0.5) is 0 Å². The minimum Gasteiger partial charge on any atom is -0.385 e. The molecule has 1 heterocycles. The minimum absolute atomic E-state index is 0.172. The van der Waals surface area contributed by atoms with Gasteiger partial charge in [0.05, 0.1) is 5.69 Å². The number of aromatic amines is 1. The van der Waals surface area contributed by atoms with Gasteiger partial charge >= 0.3 is 0 Å². The average Bonchev–Trinajstić information content (AvgIpc) is 2.94. The first-order valence-electron chi connectivity index (χ1n) is 6.29. The molecule has 2 N–H and O–H groups in total. The Balaban J connectivity index is 1.98. The van der Waals surface area contributed by atoms with E-state index in [0.717, 1.165) is 12.0 Å². The molecule has 0 aliphatic heterocycles. The fourth-order valence-electron chi connectivity index (χ4n) is 1.72. The number of nitrogens with one attached hydrogen (secondary N) is 2. The van der Waals surface area contributed by atoms with Crippen LogP contribution in [0.5, 0.6) is 0 Å². The molecular formula is C14H16ClN3O2. The second-order valence-electron chi connectivity index (χ2n) is 4.28. The van der Waals surface area contributed by atoms with E-state index in [9.17, 15) is 4.79 Å². The van der Waals surface area contributed by atoms with E-state index >= 15 is 0 Å². The Morgan fingerprint density at radius 2 is 2.15 bits per heavy atom. The molecular weight excluding hydrogens is 278 g/mol. The van der Waals surface area contributed by atoms with Crippen LogP contribution in [0.2, 0.25) is 5.02 Å². The third kappa shape index (κ3) is 3.82. The van der Waals surface area contributed by atoms with Gasteiger partial charge in [-0.15, -0.1) is 0 Å². The number of carbonyl (C=O) groups is 1. The Labute approximate surface area is 122 Å². The van der Waals surface area contributed by atoms with E-state index < -0.39 is 0 Å². The van der Waals surface area contributed by atoms with Gasteiger partial charge in [0.25, 0.3) is 5.91 Å². The maximum Gasteiger partial charge on any atom is 0.269 e. The van der Waals surface area contributed by atoms with Crippen molar-refractivity contribution in [3.63, 3.8) is 0 Å². The van der Waals surface area contributed by atoms with Gasteiger partial charge in [0.15, 0.2) is 0 Å². The third-order valence-corrected chi connectivity index (χ3v) is 3.03. The first-order chi connectivity index (χ1) is 9.70. The van der Waals surface area contributed by atoms with Gasteiger partial charge in [-0.25, -0.2) is 0 Å². The molecule has 0 saturated carbocycles. The summed E-state index contributed by atoms with van der Waals surface area (Å²) in [5.74, 6) is -0.172. The van der Waals surface area contributed by atoms with Crippen molar-refractivity contribution in [2.45, 2.75) is 6.42 Å². The average molecular weight is 294 g/mol. The number of methoxy groups -OCH3 is 1. The van der Waals surface area contributed by atoms with Gasteiger partial charge in [-0.05, 0) is 24.6 Å². The highest BCUT2D eigenvalue weighted by atomic mass is 35.5. The molecule has 2 rings (SSSR count). The summed E-state index contributed by atoms with van der Waals surface area (Å²) in [7, 11) is 1.63. The van der Waals surface area contributed by atoms with Crippen molar-refractivity contribution >= 4 is 17.5 Å². The molecule has 6 heteroatoms. The zero-order valence-corrected chi connectivity index (χ0v) is 11.9. The Morgan fingerprint density at radius 3 is 2.85 bits per heavy atom. The fourth-order valence-corrected chi connectivity index (χ4v) is 1.85. The van der Waals surface area contributed by atoms with Crippen molar-refractivity contribution in [1.29, 1.82) is 0 Å². The number of H-pyrrole nitrogens is 1. The van der Waals surface area contributed by atoms with Crippen LogP contribution in [-0.4, -0.2) is 36.4 Å². The lowest BCUT2D eigenvalue weighted by molar-refractivity contribution is 0.0943. The van der Waals surface area contributed by atoms with Crippen LogP contribution in [0.25, 0.3) is 11.3 Å². The van der Waals surface area contributed by atoms with Crippen LogP contribution in [0.3, 0.4) is 0 Å². The Hall–Kier alpha value is -1.85. The van der Waals surface area contributed by atoms with Crippen LogP contribution in [-0.2, 0) is 4.74 Å². The number of ether oxygens (including phenoxy) is 1. The molecule has 0 saturated heterocycles. The summed E-state index contributed by atoms with van der Waals surface area (Å²) < 4.78 is 4.92. The minimum atomic E-state index is -0.172. The van der Waals surface area contributed by atoms with Gasteiger partial charge < -0.3 is 10.1 Å². The van der Waals surface area contributed by atoms with E-state index in [1.165, 1.54) is 0 Å². The van der Waals surface area contributed by atoms with Crippen LogP contribution in [0.15, 0.2) is 30.3 Å². The molecule has 1 aromatic carbocycles. The Morgan fingerprint density at radius 1 is 1.40 bits per heavy atom. The molecule has 2 aromatic rings. The summed E-state index contributed by atoms with van der Waals surface area (Å²) in [6, 6.07) is 9.01. The number of amides is 1. The SMILES string of the molecule is COCCCNC(=O)c1cc(-c2ccc(Cl)cc2)n[nH]1. The molecule has 0 spiro atoms. The molecule has 0 bridgehead atoms. The molecule has 0 aliphatic rings. The number of hydrogen-bond acceptors (Lipinski definition) is 3. The van der Waals surface area contributed by atoms with E-state index in [0.29, 0.717) is 29.6 Å². The van der Waals surface area contributed by atoms with Crippen LogP contribution >= 0.6 is 11.6 Å². The molecule has 0 aliphatic carbocycles. The topological polar surface area (TPSA) is 67.0 Å². The van der Waals surface area contributed by atoms with Crippen molar-refractivity contribution in [2.75, 3.05) is 20.3 Å². The normalized spacial score (nSPS) is 10.5. The molecule has 106 valence electrons. The number of hydrogen-bond donors (Lipinski definition) is 2. The van der Waals surface area contributed by atoms with Crippen molar-refractivity contribution in [1.82, 2.24) is 15.5 Å². The van der Waals surface area contributed by atoms with E-state index in [-0.39, 0.29) is 5.91 Å². The summed E-state index contributed by atoms with van der Waals surface area (Å²) in [5.41, 5.74) is 2.06. The standard InChI is InChI=1S/C14H16ClN3O2/c1-20-8-2-7-16-14(19)13-9-12(17-18-13)10-3-5-11(15)6-4-10/h3-6,9H,2,7-8H2,1H3,(H,16,19)(H,17,18). The summed E-state index contributed by atoms with van der Waals surface area (Å²) >= 11 is 5.84. The van der Waals surface area contributed by atoms with Crippen molar-refractivity contribution in [3.05, 3.63) is 41.0 Å². The quantitative estimate of drug-likeness (QED) is 0.804. The summed E-state index contributed by atoms with van der Waals surface area (Å²) in [5, 5.41) is 10.3. The summed E-state index contributed by atoms with van der Waals surface area (Å²) in [4.78, 5) is 11.9. The lowest BCUT2D eigenvalue weighted by Gasteiger charge is -2.02. The molecule has 0 fully saturated rings. The van der Waals surface area contributed by atoms with Gasteiger partial charge in [0, 0.05) is 30.8 Å². The van der Waals surface area contributed by atoms with Gasteiger partial charge in [-0.1, -0.05) is 23.7 Å².